The van der Waals surface area contributed by atoms with Crippen LogP contribution in [0.15, 0.2) is 48.5 Å². The molecule has 0 fully saturated rings. The molecule has 0 aliphatic heterocycles. The number of hydrogen-bond donors (Lipinski definition) is 2. The Bertz CT molecular complexity index is 643. The molecule has 0 aliphatic rings. The number of carboxylic acids is 1. The summed E-state index contributed by atoms with van der Waals surface area (Å²) in [6.45, 7) is -0.220. The highest BCUT2D eigenvalue weighted by Crippen LogP contribution is 2.29. The molecule has 0 amide bonds. The molecular weight excluding hydrogens is 276 g/mol. The normalized spacial score (nSPS) is 13.7. The van der Waals surface area contributed by atoms with E-state index >= 15 is 0 Å². The molecule has 21 heavy (non-hydrogen) atoms. The average molecular weight is 291 g/mol. The maximum Gasteiger partial charge on any atom is 0.315 e. The van der Waals surface area contributed by atoms with Gasteiger partial charge in [0.25, 0.3) is 0 Å². The first kappa shape index (κ1) is 15.1. The molecule has 0 aromatic heterocycles. The minimum atomic E-state index is -1.49. The lowest BCUT2D eigenvalue weighted by Gasteiger charge is -2.28. The second-order valence-electron chi connectivity index (χ2n) is 4.87. The number of nitrogens with two attached hydrogens (primary N) is 1. The Hall–Kier alpha value is -2.27. The third kappa shape index (κ3) is 2.92. The van der Waals surface area contributed by atoms with Crippen molar-refractivity contribution >= 4 is 5.97 Å². The summed E-state index contributed by atoms with van der Waals surface area (Å²) in [7, 11) is 0. The summed E-state index contributed by atoms with van der Waals surface area (Å²) in [6, 6.07) is 11.0. The van der Waals surface area contributed by atoms with Crippen molar-refractivity contribution in [2.45, 2.75) is 11.8 Å². The second-order valence-corrected chi connectivity index (χ2v) is 4.87. The van der Waals surface area contributed by atoms with Crippen molar-refractivity contribution < 1.29 is 18.7 Å². The molecule has 0 aliphatic carbocycles. The van der Waals surface area contributed by atoms with E-state index in [1.54, 1.807) is 6.07 Å². The summed E-state index contributed by atoms with van der Waals surface area (Å²) in [5.74, 6) is -2.13. The van der Waals surface area contributed by atoms with Gasteiger partial charge in [0.1, 0.15) is 17.0 Å². The molecule has 2 aromatic rings. The van der Waals surface area contributed by atoms with E-state index in [0.717, 1.165) is 0 Å². The number of benzene rings is 2. The van der Waals surface area contributed by atoms with Gasteiger partial charge < -0.3 is 10.8 Å². The molecule has 2 aromatic carbocycles. The monoisotopic (exact) mass is 291 g/mol. The summed E-state index contributed by atoms with van der Waals surface area (Å²) >= 11 is 0. The van der Waals surface area contributed by atoms with E-state index < -0.39 is 23.0 Å². The highest BCUT2D eigenvalue weighted by atomic mass is 19.1. The lowest BCUT2D eigenvalue weighted by atomic mass is 9.75. The van der Waals surface area contributed by atoms with Gasteiger partial charge in [-0.2, -0.15) is 0 Å². The zero-order chi connectivity index (χ0) is 15.5. The van der Waals surface area contributed by atoms with E-state index in [9.17, 15) is 18.7 Å². The Kier molecular flexibility index (Phi) is 4.33. The van der Waals surface area contributed by atoms with Gasteiger partial charge in [0.15, 0.2) is 0 Å². The maximum atomic E-state index is 13.8. The van der Waals surface area contributed by atoms with E-state index in [4.69, 9.17) is 5.73 Å². The highest BCUT2D eigenvalue weighted by molar-refractivity contribution is 5.82. The summed E-state index contributed by atoms with van der Waals surface area (Å²) in [5.41, 5.74) is 4.80. The van der Waals surface area contributed by atoms with Gasteiger partial charge in [-0.05, 0) is 35.7 Å². The highest BCUT2D eigenvalue weighted by Gasteiger charge is 2.40. The van der Waals surface area contributed by atoms with E-state index in [1.165, 1.54) is 42.5 Å². The second kappa shape index (κ2) is 6.01. The van der Waals surface area contributed by atoms with Crippen molar-refractivity contribution in [2.24, 2.45) is 5.73 Å². The Morgan fingerprint density at radius 3 is 2.24 bits per heavy atom. The number of hydrogen-bond acceptors (Lipinski definition) is 2. The van der Waals surface area contributed by atoms with Crippen molar-refractivity contribution in [3.63, 3.8) is 0 Å². The van der Waals surface area contributed by atoms with Crippen LogP contribution in [0.1, 0.15) is 11.1 Å². The van der Waals surface area contributed by atoms with Crippen LogP contribution in [-0.4, -0.2) is 17.6 Å². The van der Waals surface area contributed by atoms with Gasteiger partial charge in [-0.1, -0.05) is 30.3 Å². The van der Waals surface area contributed by atoms with Crippen LogP contribution in [0.25, 0.3) is 0 Å². The zero-order valence-electron chi connectivity index (χ0n) is 11.2. The first-order valence-electron chi connectivity index (χ1n) is 6.42. The van der Waals surface area contributed by atoms with Crippen molar-refractivity contribution in [1.29, 1.82) is 0 Å². The molecule has 0 saturated carbocycles. The number of carboxylic acid groups (broad SMARTS) is 1. The van der Waals surface area contributed by atoms with Crippen LogP contribution >= 0.6 is 0 Å². The van der Waals surface area contributed by atoms with Crippen LogP contribution in [0.3, 0.4) is 0 Å². The van der Waals surface area contributed by atoms with Crippen molar-refractivity contribution in [3.8, 4) is 0 Å². The van der Waals surface area contributed by atoms with Gasteiger partial charge in [0, 0.05) is 6.54 Å². The topological polar surface area (TPSA) is 63.3 Å². The Morgan fingerprint density at radius 1 is 1.10 bits per heavy atom. The molecule has 3 nitrogen and oxygen atoms in total. The van der Waals surface area contributed by atoms with Crippen molar-refractivity contribution in [3.05, 3.63) is 71.3 Å². The van der Waals surface area contributed by atoms with Gasteiger partial charge in [-0.15, -0.1) is 0 Å². The van der Waals surface area contributed by atoms with Gasteiger partial charge in [-0.3, -0.25) is 4.79 Å². The fraction of sp³-hybridized carbons (Fsp3) is 0.188. The smallest absolute Gasteiger partial charge is 0.315 e. The lowest BCUT2D eigenvalue weighted by molar-refractivity contribution is -0.143. The molecule has 1 atom stereocenters. The van der Waals surface area contributed by atoms with Crippen LogP contribution in [0.2, 0.25) is 0 Å². The van der Waals surface area contributed by atoms with Gasteiger partial charge in [-0.25, -0.2) is 8.78 Å². The number of aliphatic carboxylic acids is 1. The Morgan fingerprint density at radius 2 is 1.71 bits per heavy atom. The van der Waals surface area contributed by atoms with Crippen LogP contribution < -0.4 is 5.73 Å². The quantitative estimate of drug-likeness (QED) is 0.889. The van der Waals surface area contributed by atoms with E-state index in [0.29, 0.717) is 5.56 Å². The predicted octanol–water partition coefficient (Wildman–Crippen LogP) is 2.49. The molecular formula is C16H15F2NO2. The molecule has 0 bridgehead atoms. The molecule has 3 N–H and O–H groups in total. The largest absolute Gasteiger partial charge is 0.481 e. The lowest BCUT2D eigenvalue weighted by Crippen LogP contribution is -2.45. The third-order valence-corrected chi connectivity index (χ3v) is 3.60. The SMILES string of the molecule is NCC(Cc1ccccc1F)(C(=O)O)c1ccc(F)cc1. The minimum absolute atomic E-state index is 0.100. The van der Waals surface area contributed by atoms with Crippen LogP contribution in [0.4, 0.5) is 8.78 Å². The molecule has 0 heterocycles. The van der Waals surface area contributed by atoms with E-state index in [-0.39, 0.29) is 18.5 Å². The fourth-order valence-electron chi connectivity index (χ4n) is 2.31. The first-order chi connectivity index (χ1) is 9.99. The van der Waals surface area contributed by atoms with Crippen LogP contribution in [-0.2, 0) is 16.6 Å². The maximum absolute atomic E-state index is 13.8. The number of rotatable bonds is 5. The molecule has 5 heteroatoms. The van der Waals surface area contributed by atoms with E-state index in [1.807, 2.05) is 0 Å². The van der Waals surface area contributed by atoms with Gasteiger partial charge in [0.2, 0.25) is 0 Å². The molecule has 0 spiro atoms. The number of carbonyl (C=O) groups is 1. The molecule has 0 saturated heterocycles. The molecule has 1 unspecified atom stereocenters. The summed E-state index contributed by atoms with van der Waals surface area (Å²) in [6.07, 6.45) is -0.100. The molecule has 110 valence electrons. The number of halogens is 2. The molecule has 2 rings (SSSR count). The summed E-state index contributed by atoms with van der Waals surface area (Å²) < 4.78 is 26.8. The fourth-order valence-corrected chi connectivity index (χ4v) is 2.31. The minimum Gasteiger partial charge on any atom is -0.481 e. The van der Waals surface area contributed by atoms with Crippen molar-refractivity contribution in [2.75, 3.05) is 6.54 Å². The third-order valence-electron chi connectivity index (χ3n) is 3.60. The zero-order valence-corrected chi connectivity index (χ0v) is 11.2. The molecule has 0 radical (unpaired) electrons. The standard InChI is InChI=1S/C16H15F2NO2/c17-13-7-5-12(6-8-13)16(10-19,15(20)21)9-11-3-1-2-4-14(11)18/h1-8H,9-10,19H2,(H,20,21). The van der Waals surface area contributed by atoms with Crippen molar-refractivity contribution in [1.82, 2.24) is 0 Å². The van der Waals surface area contributed by atoms with Gasteiger partial charge >= 0.3 is 5.97 Å². The first-order valence-corrected chi connectivity index (χ1v) is 6.42. The van der Waals surface area contributed by atoms with Gasteiger partial charge in [0.05, 0.1) is 0 Å². The Balaban J connectivity index is 2.50. The van der Waals surface area contributed by atoms with E-state index in [2.05, 4.69) is 0 Å². The Labute approximate surface area is 121 Å². The summed E-state index contributed by atoms with van der Waals surface area (Å²) in [5, 5.41) is 9.60. The van der Waals surface area contributed by atoms with Crippen LogP contribution in [0.5, 0.6) is 0 Å². The summed E-state index contributed by atoms with van der Waals surface area (Å²) in [4.78, 5) is 11.8. The predicted molar refractivity (Wildman–Crippen MR) is 74.9 cm³/mol. The van der Waals surface area contributed by atoms with Crippen LogP contribution in [0, 0.1) is 11.6 Å². The average Bonchev–Trinajstić information content (AvgIpc) is 2.47.